The number of rotatable bonds is 12. The Hall–Kier alpha value is -4.38. The first kappa shape index (κ1) is 31.1. The molecule has 3 aromatic rings. The number of hydrazine groups is 1. The third-order valence-corrected chi connectivity index (χ3v) is 8.33. The molecule has 0 amide bonds. The lowest BCUT2D eigenvalue weighted by molar-refractivity contribution is -0.168. The number of carbonyl (C=O) groups is 3. The molecule has 0 spiro atoms. The number of allylic oxidation sites excluding steroid dienone is 1. The topological polar surface area (TPSA) is 131 Å². The van der Waals surface area contributed by atoms with E-state index in [1.165, 1.54) is 5.57 Å². The maximum atomic E-state index is 14.0. The van der Waals surface area contributed by atoms with Gasteiger partial charge in [0.05, 0.1) is 13.2 Å². The van der Waals surface area contributed by atoms with E-state index in [0.29, 0.717) is 18.8 Å². The molecule has 0 aliphatic carbocycles. The molecule has 2 aliphatic rings. The molecule has 2 aliphatic heterocycles. The fraction of sp³-hybridized carbons (Fsp3) is 0.455. The number of tetrazole rings is 1. The van der Waals surface area contributed by atoms with E-state index in [0.717, 1.165) is 53.6 Å². The molecule has 1 fully saturated rings. The Morgan fingerprint density at radius 1 is 0.955 bits per heavy atom. The van der Waals surface area contributed by atoms with Crippen molar-refractivity contribution < 1.29 is 23.9 Å². The van der Waals surface area contributed by atoms with Crippen LogP contribution in [0.4, 0.5) is 0 Å². The second-order valence-electron chi connectivity index (χ2n) is 11.2. The number of H-pyrrole nitrogens is 1. The number of ketones is 1. The Labute approximate surface area is 257 Å². The highest BCUT2D eigenvalue weighted by Crippen LogP contribution is 2.39. The van der Waals surface area contributed by atoms with Crippen molar-refractivity contribution in [2.45, 2.75) is 71.9 Å². The molecule has 5 rings (SSSR count). The van der Waals surface area contributed by atoms with Crippen molar-refractivity contribution in [1.29, 1.82) is 0 Å². The summed E-state index contributed by atoms with van der Waals surface area (Å²) in [6.07, 6.45) is 3.71. The van der Waals surface area contributed by atoms with Gasteiger partial charge in [0, 0.05) is 23.8 Å². The first-order valence-corrected chi connectivity index (χ1v) is 15.4. The molecule has 1 N–H and O–H groups in total. The van der Waals surface area contributed by atoms with Crippen LogP contribution in [0.25, 0.3) is 22.5 Å². The normalized spacial score (nSPS) is 18.4. The molecular weight excluding hydrogens is 560 g/mol. The molecule has 0 saturated carbocycles. The number of benzene rings is 2. The first-order chi connectivity index (χ1) is 21.4. The molecule has 232 valence electrons. The molecule has 2 atom stereocenters. The van der Waals surface area contributed by atoms with Gasteiger partial charge in [-0.2, -0.15) is 0 Å². The van der Waals surface area contributed by atoms with Crippen molar-refractivity contribution >= 4 is 17.7 Å². The molecule has 11 nitrogen and oxygen atoms in total. The van der Waals surface area contributed by atoms with Crippen LogP contribution in [0.15, 0.2) is 59.8 Å². The molecule has 0 radical (unpaired) electrons. The van der Waals surface area contributed by atoms with E-state index in [4.69, 9.17) is 9.47 Å². The van der Waals surface area contributed by atoms with Gasteiger partial charge in [0.15, 0.2) is 11.6 Å². The summed E-state index contributed by atoms with van der Waals surface area (Å²) in [6, 6.07) is 16.0. The lowest BCUT2D eigenvalue weighted by Crippen LogP contribution is -2.58. The lowest BCUT2D eigenvalue weighted by atomic mass is 9.91. The van der Waals surface area contributed by atoms with Gasteiger partial charge in [-0.05, 0) is 79.1 Å². The van der Waals surface area contributed by atoms with Gasteiger partial charge in [0.2, 0.25) is 5.92 Å². The number of esters is 2. The summed E-state index contributed by atoms with van der Waals surface area (Å²) in [5.41, 5.74) is 6.50. The second kappa shape index (κ2) is 13.9. The zero-order chi connectivity index (χ0) is 31.2. The third kappa shape index (κ3) is 6.28. The predicted octanol–water partition coefficient (Wildman–Crippen LogP) is 4.53. The fourth-order valence-corrected chi connectivity index (χ4v) is 6.27. The van der Waals surface area contributed by atoms with Crippen molar-refractivity contribution in [3.8, 4) is 22.5 Å². The van der Waals surface area contributed by atoms with Gasteiger partial charge < -0.3 is 9.47 Å². The number of hydrogen-bond acceptors (Lipinski definition) is 10. The number of aromatic amines is 1. The molecule has 3 heterocycles. The Balaban J connectivity index is 1.43. The van der Waals surface area contributed by atoms with Crippen LogP contribution in [-0.4, -0.2) is 80.2 Å². The summed E-state index contributed by atoms with van der Waals surface area (Å²) in [4.78, 5) is 39.6. The average molecular weight is 601 g/mol. The van der Waals surface area contributed by atoms with Crippen molar-refractivity contribution in [2.24, 2.45) is 5.92 Å². The van der Waals surface area contributed by atoms with Gasteiger partial charge >= 0.3 is 11.9 Å². The number of fused-ring (bicyclic) bond motifs is 1. The molecule has 11 heteroatoms. The number of nitrogens with one attached hydrogen (secondary N) is 1. The van der Waals surface area contributed by atoms with E-state index in [-0.39, 0.29) is 19.3 Å². The summed E-state index contributed by atoms with van der Waals surface area (Å²) in [5.74, 6) is -3.13. The van der Waals surface area contributed by atoms with Crippen LogP contribution >= 0.6 is 0 Å². The number of hydrogen-bond donors (Lipinski definition) is 1. The molecule has 2 unspecified atom stereocenters. The molecule has 1 aromatic heterocycles. The largest absolute Gasteiger partial charge is 0.465 e. The lowest BCUT2D eigenvalue weighted by Gasteiger charge is -2.46. The number of nitrogens with zero attached hydrogens (tertiary/aromatic N) is 5. The maximum absolute atomic E-state index is 14.0. The summed E-state index contributed by atoms with van der Waals surface area (Å²) >= 11 is 0. The number of aromatic nitrogens is 4. The van der Waals surface area contributed by atoms with Gasteiger partial charge in [-0.3, -0.25) is 19.4 Å². The minimum Gasteiger partial charge on any atom is -0.465 e. The van der Waals surface area contributed by atoms with Crippen LogP contribution in [-0.2, 0) is 30.3 Å². The first-order valence-electron chi connectivity index (χ1n) is 15.4. The van der Waals surface area contributed by atoms with E-state index < -0.39 is 29.7 Å². The predicted molar refractivity (Wildman–Crippen MR) is 163 cm³/mol. The van der Waals surface area contributed by atoms with Crippen molar-refractivity contribution in [1.82, 2.24) is 30.6 Å². The van der Waals surface area contributed by atoms with Crippen molar-refractivity contribution in [3.05, 3.63) is 65.4 Å². The maximum Gasteiger partial charge on any atom is 0.328 e. The standard InChI is InChI=1S/C33H40N6O5/c1-5-10-27-24(19-22-14-16-23(17-15-22)25-11-8-9-12-26(25)31-34-36-37-35-31)20-38-21(4)13-18-28(39(27)38)30(40)29(32(41)43-6-2)33(42)44-7-3/h8-9,11-12,14-17,21,28-29H,5-7,10,13,18-20H2,1-4H3,(H,34,35,36,37). The fourth-order valence-electron chi connectivity index (χ4n) is 6.27. The smallest absolute Gasteiger partial charge is 0.328 e. The quantitative estimate of drug-likeness (QED) is 0.234. The van der Waals surface area contributed by atoms with E-state index >= 15 is 0 Å². The number of Topliss-reactive ketones (excluding diaryl/α,β-unsaturated/α-hetero) is 1. The average Bonchev–Trinajstić information content (AvgIpc) is 3.68. The third-order valence-electron chi connectivity index (χ3n) is 8.33. The van der Waals surface area contributed by atoms with Crippen LogP contribution < -0.4 is 0 Å². The highest BCUT2D eigenvalue weighted by molar-refractivity contribution is 6.16. The zero-order valence-electron chi connectivity index (χ0n) is 25.8. The summed E-state index contributed by atoms with van der Waals surface area (Å²) < 4.78 is 10.3. The van der Waals surface area contributed by atoms with Gasteiger partial charge in [0.1, 0.15) is 6.04 Å². The van der Waals surface area contributed by atoms with E-state index in [1.54, 1.807) is 13.8 Å². The van der Waals surface area contributed by atoms with Crippen molar-refractivity contribution in [2.75, 3.05) is 19.8 Å². The molecule has 0 bridgehead atoms. The second-order valence-corrected chi connectivity index (χ2v) is 11.2. The minimum atomic E-state index is -1.59. The van der Waals surface area contributed by atoms with Crippen LogP contribution in [0, 0.1) is 5.92 Å². The Kier molecular flexibility index (Phi) is 9.84. The number of ether oxygens (including phenoxy) is 2. The van der Waals surface area contributed by atoms with Gasteiger partial charge in [0.25, 0.3) is 0 Å². The Bertz CT molecular complexity index is 1490. The van der Waals surface area contributed by atoms with Gasteiger partial charge in [-0.15, -0.1) is 5.10 Å². The molecule has 44 heavy (non-hydrogen) atoms. The highest BCUT2D eigenvalue weighted by Gasteiger charge is 2.48. The van der Waals surface area contributed by atoms with Gasteiger partial charge in [-0.25, -0.2) is 10.1 Å². The Morgan fingerprint density at radius 2 is 1.64 bits per heavy atom. The van der Waals surface area contributed by atoms with Crippen molar-refractivity contribution in [3.63, 3.8) is 0 Å². The molecule has 2 aromatic carbocycles. The van der Waals surface area contributed by atoms with Crippen LogP contribution in [0.3, 0.4) is 0 Å². The highest BCUT2D eigenvalue weighted by atomic mass is 16.6. The SMILES string of the molecule is CCCC1=C(Cc2ccc(-c3ccccc3-c3nnn[nH]3)cc2)CN2C(C)CCC(C(=O)C(C(=O)OCC)C(=O)OCC)N12. The molecule has 1 saturated heterocycles. The monoisotopic (exact) mass is 600 g/mol. The van der Waals surface area contributed by atoms with E-state index in [1.807, 2.05) is 18.2 Å². The summed E-state index contributed by atoms with van der Waals surface area (Å²) in [5, 5.41) is 18.7. The van der Waals surface area contributed by atoms with Crippen LogP contribution in [0.1, 0.15) is 58.9 Å². The van der Waals surface area contributed by atoms with E-state index in [2.05, 4.69) is 74.8 Å². The Morgan fingerprint density at radius 3 is 2.25 bits per heavy atom. The summed E-state index contributed by atoms with van der Waals surface area (Å²) in [7, 11) is 0. The van der Waals surface area contributed by atoms with Crippen LogP contribution in [0.5, 0.6) is 0 Å². The number of carbonyl (C=O) groups excluding carboxylic acids is 3. The van der Waals surface area contributed by atoms with Gasteiger partial charge in [-0.1, -0.05) is 61.9 Å². The zero-order valence-corrected chi connectivity index (χ0v) is 25.8. The molecular formula is C33H40N6O5. The minimum absolute atomic E-state index is 0.0757. The summed E-state index contributed by atoms with van der Waals surface area (Å²) in [6.45, 7) is 8.43. The van der Waals surface area contributed by atoms with E-state index in [9.17, 15) is 14.4 Å². The van der Waals surface area contributed by atoms with Crippen LogP contribution in [0.2, 0.25) is 0 Å².